The summed E-state index contributed by atoms with van der Waals surface area (Å²) < 4.78 is 44.7. The maximum absolute atomic E-state index is 11.7. The molecule has 0 radical (unpaired) electrons. The Balaban J connectivity index is 0.000000438. The van der Waals surface area contributed by atoms with Crippen molar-refractivity contribution in [1.29, 1.82) is 0 Å². The number of nitrogen functional groups attached to an aromatic ring is 1. The first-order valence-electron chi connectivity index (χ1n) is 16.5. The number of sulfonamides is 2. The van der Waals surface area contributed by atoms with Crippen LogP contribution in [0.4, 0.5) is 22.7 Å². The van der Waals surface area contributed by atoms with E-state index in [1.165, 1.54) is 54.6 Å². The van der Waals surface area contributed by atoms with Gasteiger partial charge in [-0.05, 0) is 72.9 Å². The zero-order valence-corrected chi connectivity index (χ0v) is 36.9. The Morgan fingerprint density at radius 3 is 1.71 bits per heavy atom. The number of nitro groups is 2. The standard InChI is InChI=1S/C18H17N3O4S.C7H5NO3.C6H8N2O2S.C5H6.2CH4.3ClH.In/c19-26(24,25)11-8-9-16-15(10-11)12-5-3-6-13(12)18(20-16)14-4-1-2-7-17(14)21(22)23;9-5-6-3-1-2-4-7(6)8(10)11;7-5-1-3-6(4-2-5)11(8,9)10;1-2-4-5-3-1;;;;;;/h1-5,7-10,12-13,18,20H,6H2,(H2,19,24,25);1-5H;1-4H,7H2,(H2,8,9,10);1-4H,5H2;2*1H4;3*1H;/q;;;;;;;;;+3/p-3. The number of nitrogens with zero attached hydrogens (tertiary/aromatic N) is 2. The van der Waals surface area contributed by atoms with E-state index in [9.17, 15) is 41.9 Å². The molecule has 0 amide bonds. The Morgan fingerprint density at radius 1 is 0.729 bits per heavy atom. The molecule has 0 spiro atoms. The average molecular weight is 1010 g/mol. The second-order valence-electron chi connectivity index (χ2n) is 12.0. The molecule has 15 nitrogen and oxygen atoms in total. The summed E-state index contributed by atoms with van der Waals surface area (Å²) in [5.74, 6) is 0.0529. The van der Waals surface area contributed by atoms with Crippen LogP contribution < -0.4 is 21.3 Å². The van der Waals surface area contributed by atoms with Crippen molar-refractivity contribution in [2.45, 2.75) is 49.4 Å². The fraction of sp³-hybridized carbons (Fsp3) is 0.184. The molecule has 7 N–H and O–H groups in total. The number of anilines is 2. The molecule has 0 fully saturated rings. The van der Waals surface area contributed by atoms with Crippen molar-refractivity contribution < 1.29 is 31.5 Å². The van der Waals surface area contributed by atoms with Crippen LogP contribution in [0, 0.1) is 26.1 Å². The normalized spacial score (nSPS) is 16.3. The topological polar surface area (TPSA) is 262 Å². The molecule has 1 aliphatic heterocycles. The number of benzene rings is 4. The Hall–Kier alpha value is -4.27. The van der Waals surface area contributed by atoms with Gasteiger partial charge in [0.25, 0.3) is 11.4 Å². The summed E-state index contributed by atoms with van der Waals surface area (Å²) in [6, 6.07) is 22.7. The maximum atomic E-state index is 11.7. The van der Waals surface area contributed by atoms with Gasteiger partial charge in [-0.15, -0.1) is 0 Å². The molecule has 59 heavy (non-hydrogen) atoms. The van der Waals surface area contributed by atoms with E-state index in [4.69, 9.17) is 41.7 Å². The zero-order valence-electron chi connectivity index (χ0n) is 29.7. The first-order chi connectivity index (χ1) is 26.8. The van der Waals surface area contributed by atoms with Crippen LogP contribution >= 0.6 is 25.7 Å². The SMILES string of the molecule is C.C.C1=CCC=C1.NS(=O)(=O)c1ccc2c(c1)C1C=CCC1C(c1ccccc1[N+](=O)[O-])N2.Nc1ccc(S(N)(=O)=O)cc1.O=Cc1ccccc1[N+](=O)[O-].[Cl][In]([Cl])[Cl]. The molecule has 7 rings (SSSR count). The number of nitrogens with one attached hydrogen (secondary N) is 1. The van der Waals surface area contributed by atoms with E-state index >= 15 is 0 Å². The molecule has 316 valence electrons. The third kappa shape index (κ3) is 16.4. The minimum atomic E-state index is -3.79. The first kappa shape index (κ1) is 52.7. The van der Waals surface area contributed by atoms with Gasteiger partial charge in [-0.2, -0.15) is 0 Å². The van der Waals surface area contributed by atoms with Crippen molar-refractivity contribution in [2.24, 2.45) is 16.2 Å². The zero-order chi connectivity index (χ0) is 42.3. The summed E-state index contributed by atoms with van der Waals surface area (Å²) in [6.45, 7) is 0. The molecule has 0 bridgehead atoms. The number of nitrogens with two attached hydrogens (primary N) is 3. The molecule has 2 aliphatic carbocycles. The van der Waals surface area contributed by atoms with Gasteiger partial charge in [-0.1, -0.05) is 81.6 Å². The third-order valence-corrected chi connectivity index (χ3v) is 10.1. The molecule has 21 heteroatoms. The van der Waals surface area contributed by atoms with Gasteiger partial charge in [0.15, 0.2) is 6.29 Å². The molecule has 3 atom stereocenters. The number of fused-ring (bicyclic) bond motifs is 3. The first-order valence-corrected chi connectivity index (χ1v) is 32.1. The molecule has 4 aromatic rings. The Bertz CT molecular complexity index is 2360. The number of carbonyl (C=O) groups excluding carboxylic acids is 1. The van der Waals surface area contributed by atoms with Crippen LogP contribution in [0.2, 0.25) is 0 Å². The number of primary sulfonamides is 2. The van der Waals surface area contributed by atoms with Crippen molar-refractivity contribution in [3.63, 3.8) is 0 Å². The molecule has 3 aliphatic rings. The Labute approximate surface area is 362 Å². The Kier molecular flexibility index (Phi) is 22.1. The molecule has 4 aromatic carbocycles. The van der Waals surface area contributed by atoms with Crippen molar-refractivity contribution in [2.75, 3.05) is 11.1 Å². The van der Waals surface area contributed by atoms with Crippen molar-refractivity contribution in [3.8, 4) is 0 Å². The number of carbonyl (C=O) groups is 1. The van der Waals surface area contributed by atoms with Crippen LogP contribution in [0.15, 0.2) is 137 Å². The van der Waals surface area contributed by atoms with Gasteiger partial charge in [-0.3, -0.25) is 25.0 Å². The number of aldehydes is 1. The molecular weight excluding hydrogens is 970 g/mol. The predicted octanol–water partition coefficient (Wildman–Crippen LogP) is 8.85. The summed E-state index contributed by atoms with van der Waals surface area (Å²) in [7, 11) is 7.68. The molecule has 0 aromatic heterocycles. The summed E-state index contributed by atoms with van der Waals surface area (Å²) in [5.41, 5.74) is 8.15. The summed E-state index contributed by atoms with van der Waals surface area (Å²) in [5, 5.41) is 35.1. The fourth-order valence-electron chi connectivity index (χ4n) is 5.78. The summed E-state index contributed by atoms with van der Waals surface area (Å²) in [4.78, 5) is 31.1. The van der Waals surface area contributed by atoms with Crippen LogP contribution in [0.3, 0.4) is 0 Å². The summed E-state index contributed by atoms with van der Waals surface area (Å²) >= 11 is -2.22. The van der Waals surface area contributed by atoms with Gasteiger partial charge in [0.05, 0.1) is 36.8 Å². The number of para-hydroxylation sites is 2. The monoisotopic (exact) mass is 1010 g/mol. The van der Waals surface area contributed by atoms with Gasteiger partial charge < -0.3 is 11.1 Å². The average Bonchev–Trinajstić information content (AvgIpc) is 3.91. The van der Waals surface area contributed by atoms with E-state index in [0.717, 1.165) is 24.1 Å². The predicted molar refractivity (Wildman–Crippen MR) is 238 cm³/mol. The summed E-state index contributed by atoms with van der Waals surface area (Å²) in [6.07, 6.45) is 14.8. The third-order valence-electron chi connectivity index (χ3n) is 8.26. The van der Waals surface area contributed by atoms with E-state index in [1.54, 1.807) is 36.4 Å². The van der Waals surface area contributed by atoms with Crippen LogP contribution in [0.5, 0.6) is 0 Å². The van der Waals surface area contributed by atoms with Crippen molar-refractivity contribution in [3.05, 3.63) is 164 Å². The van der Waals surface area contributed by atoms with E-state index in [1.807, 2.05) is 12.2 Å². The second-order valence-corrected chi connectivity index (χ2v) is 29.8. The van der Waals surface area contributed by atoms with E-state index in [-0.39, 0.29) is 64.4 Å². The number of rotatable bonds is 6. The van der Waals surface area contributed by atoms with Crippen molar-refractivity contribution >= 4 is 92.7 Å². The van der Waals surface area contributed by atoms with Crippen LogP contribution in [0.25, 0.3) is 0 Å². The van der Waals surface area contributed by atoms with E-state index in [2.05, 4.69) is 29.6 Å². The number of allylic oxidation sites excluding steroid dienone is 6. The minimum absolute atomic E-state index is 0. The number of hydrogen-bond donors (Lipinski definition) is 4. The van der Waals surface area contributed by atoms with E-state index < -0.39 is 42.9 Å². The van der Waals surface area contributed by atoms with Gasteiger partial charge >= 0.3 is 43.6 Å². The van der Waals surface area contributed by atoms with Gasteiger partial charge in [0.2, 0.25) is 20.0 Å². The Morgan fingerprint density at radius 2 is 1.24 bits per heavy atom. The molecule has 3 unspecified atom stereocenters. The fourth-order valence-corrected chi connectivity index (χ4v) is 6.84. The van der Waals surface area contributed by atoms with E-state index in [0.29, 0.717) is 17.5 Å². The van der Waals surface area contributed by atoms with Crippen LogP contribution in [-0.4, -0.2) is 50.9 Å². The van der Waals surface area contributed by atoms with Crippen molar-refractivity contribution in [1.82, 2.24) is 0 Å². The van der Waals surface area contributed by atoms with Crippen LogP contribution in [0.1, 0.15) is 61.1 Å². The van der Waals surface area contributed by atoms with Gasteiger partial charge in [0, 0.05) is 29.4 Å². The quantitative estimate of drug-likeness (QED) is 0.0466. The molecular formula is C38H44Cl3InN6O9S2. The number of hydrogen-bond acceptors (Lipinski definition) is 11. The second kappa shape index (κ2) is 24.7. The van der Waals surface area contributed by atoms with Crippen LogP contribution in [-0.2, 0) is 20.0 Å². The van der Waals surface area contributed by atoms with Gasteiger partial charge in [0.1, 0.15) is 0 Å². The molecule has 0 saturated heterocycles. The molecule has 0 saturated carbocycles. The number of nitro benzene ring substituents is 2. The number of halogens is 3. The van der Waals surface area contributed by atoms with Gasteiger partial charge in [-0.25, -0.2) is 27.1 Å². The molecule has 1 heterocycles.